The van der Waals surface area contributed by atoms with Gasteiger partial charge in [0.05, 0.1) is 11.7 Å². The van der Waals surface area contributed by atoms with Crippen molar-refractivity contribution in [2.24, 2.45) is 0 Å². The van der Waals surface area contributed by atoms with E-state index in [0.29, 0.717) is 22.5 Å². The molecule has 0 saturated heterocycles. The number of aryl methyl sites for hydroxylation is 1. The molecule has 0 aromatic carbocycles. The van der Waals surface area contributed by atoms with E-state index >= 15 is 0 Å². The zero-order valence-corrected chi connectivity index (χ0v) is 11.7. The normalized spacial score (nSPS) is 10.6. The highest BCUT2D eigenvalue weighted by atomic mass is 16.5. The largest absolute Gasteiger partial charge is 0.459 e. The maximum Gasteiger partial charge on any atom is 0.340 e. The van der Waals surface area contributed by atoms with Crippen LogP contribution in [0.2, 0.25) is 0 Å². The first-order valence-corrected chi connectivity index (χ1v) is 5.87. The summed E-state index contributed by atoms with van der Waals surface area (Å²) in [5, 5.41) is 0. The summed E-state index contributed by atoms with van der Waals surface area (Å²) in [5.74, 6) is -0.548. The molecule has 1 rings (SSSR count). The molecule has 0 atom stereocenters. The van der Waals surface area contributed by atoms with Crippen LogP contribution in [0.4, 0.5) is 0 Å². The summed E-state index contributed by atoms with van der Waals surface area (Å²) in [6.07, 6.45) is -0.181. The van der Waals surface area contributed by atoms with Crippen LogP contribution in [0.25, 0.3) is 0 Å². The number of carbonyl (C=O) groups excluding carboxylic acids is 2. The van der Waals surface area contributed by atoms with Crippen molar-refractivity contribution in [2.75, 3.05) is 14.1 Å². The number of esters is 1. The van der Waals surface area contributed by atoms with Crippen molar-refractivity contribution in [1.82, 2.24) is 9.88 Å². The van der Waals surface area contributed by atoms with E-state index in [0.717, 1.165) is 0 Å². The zero-order chi connectivity index (χ0) is 14.0. The van der Waals surface area contributed by atoms with Gasteiger partial charge in [-0.3, -0.25) is 4.79 Å². The number of amides is 1. The molecular weight excluding hydrogens is 232 g/mol. The molecule has 1 amide bonds. The van der Waals surface area contributed by atoms with Crippen molar-refractivity contribution in [3.8, 4) is 0 Å². The lowest BCUT2D eigenvalue weighted by molar-refractivity contribution is 0.0376. The Bertz CT molecular complexity index is 473. The van der Waals surface area contributed by atoms with Gasteiger partial charge in [0.15, 0.2) is 0 Å². The van der Waals surface area contributed by atoms with Gasteiger partial charge in [-0.25, -0.2) is 4.79 Å². The number of nitrogens with one attached hydrogen (secondary N) is 1. The topological polar surface area (TPSA) is 62.4 Å². The molecule has 0 radical (unpaired) electrons. The molecule has 0 fully saturated rings. The highest BCUT2D eigenvalue weighted by Crippen LogP contribution is 2.20. The summed E-state index contributed by atoms with van der Waals surface area (Å²) in [4.78, 5) is 28.3. The molecule has 0 aliphatic heterocycles. The van der Waals surface area contributed by atoms with Crippen molar-refractivity contribution in [3.05, 3.63) is 22.5 Å². The number of H-pyrrole nitrogens is 1. The molecule has 1 aromatic heterocycles. The van der Waals surface area contributed by atoms with E-state index in [1.807, 2.05) is 0 Å². The lowest BCUT2D eigenvalue weighted by atomic mass is 10.1. The zero-order valence-electron chi connectivity index (χ0n) is 11.7. The summed E-state index contributed by atoms with van der Waals surface area (Å²) in [5.41, 5.74) is 2.18. The Morgan fingerprint density at radius 3 is 2.22 bits per heavy atom. The molecule has 18 heavy (non-hydrogen) atoms. The second kappa shape index (κ2) is 5.25. The molecular formula is C13H20N2O3. The highest BCUT2D eigenvalue weighted by molar-refractivity contribution is 6.00. The molecule has 0 saturated carbocycles. The second-order valence-corrected chi connectivity index (χ2v) is 4.78. The molecule has 0 aliphatic carbocycles. The Morgan fingerprint density at radius 1 is 1.22 bits per heavy atom. The van der Waals surface area contributed by atoms with Crippen LogP contribution in [0, 0.1) is 13.8 Å². The van der Waals surface area contributed by atoms with Crippen LogP contribution in [-0.4, -0.2) is 42.0 Å². The fourth-order valence-corrected chi connectivity index (χ4v) is 1.77. The lowest BCUT2D eigenvalue weighted by Gasteiger charge is -2.10. The predicted octanol–water partition coefficient (Wildman–Crippen LogP) is 1.90. The maximum atomic E-state index is 11.9. The summed E-state index contributed by atoms with van der Waals surface area (Å²) >= 11 is 0. The third-order valence-corrected chi connectivity index (χ3v) is 2.60. The molecule has 0 spiro atoms. The Kier molecular flexibility index (Phi) is 4.16. The lowest BCUT2D eigenvalue weighted by Crippen LogP contribution is -2.23. The van der Waals surface area contributed by atoms with Gasteiger partial charge in [-0.05, 0) is 33.3 Å². The average molecular weight is 252 g/mol. The minimum atomic E-state index is -0.394. The van der Waals surface area contributed by atoms with Crippen LogP contribution >= 0.6 is 0 Å². The first-order chi connectivity index (χ1) is 8.25. The van der Waals surface area contributed by atoms with Crippen molar-refractivity contribution in [3.63, 3.8) is 0 Å². The summed E-state index contributed by atoms with van der Waals surface area (Å²) in [6.45, 7) is 7.09. The summed E-state index contributed by atoms with van der Waals surface area (Å²) in [6, 6.07) is 0. The van der Waals surface area contributed by atoms with E-state index in [9.17, 15) is 9.59 Å². The fraction of sp³-hybridized carbons (Fsp3) is 0.538. The van der Waals surface area contributed by atoms with Gasteiger partial charge in [0.1, 0.15) is 5.69 Å². The third kappa shape index (κ3) is 2.72. The molecule has 0 bridgehead atoms. The van der Waals surface area contributed by atoms with Crippen LogP contribution in [0.3, 0.4) is 0 Å². The SMILES string of the molecule is Cc1[nH]c(C(=O)N(C)C)c(C)c1C(=O)OC(C)C. The predicted molar refractivity (Wildman–Crippen MR) is 68.8 cm³/mol. The van der Waals surface area contributed by atoms with E-state index in [-0.39, 0.29) is 12.0 Å². The van der Waals surface area contributed by atoms with E-state index in [2.05, 4.69) is 4.98 Å². The van der Waals surface area contributed by atoms with Crippen molar-refractivity contribution in [1.29, 1.82) is 0 Å². The van der Waals surface area contributed by atoms with Gasteiger partial charge in [0, 0.05) is 19.8 Å². The quantitative estimate of drug-likeness (QED) is 0.836. The van der Waals surface area contributed by atoms with Gasteiger partial charge in [0.25, 0.3) is 5.91 Å². The molecule has 1 heterocycles. The van der Waals surface area contributed by atoms with Crippen molar-refractivity contribution in [2.45, 2.75) is 33.8 Å². The maximum absolute atomic E-state index is 11.9. The number of aromatic nitrogens is 1. The number of hydrogen-bond donors (Lipinski definition) is 1. The third-order valence-electron chi connectivity index (χ3n) is 2.60. The van der Waals surface area contributed by atoms with E-state index in [1.54, 1.807) is 41.8 Å². The van der Waals surface area contributed by atoms with Crippen LogP contribution in [0.15, 0.2) is 0 Å². The number of carbonyl (C=O) groups is 2. The van der Waals surface area contributed by atoms with Gasteiger partial charge in [-0.15, -0.1) is 0 Å². The number of aromatic amines is 1. The first kappa shape index (κ1) is 14.3. The monoisotopic (exact) mass is 252 g/mol. The summed E-state index contributed by atoms with van der Waals surface area (Å²) < 4.78 is 5.17. The fourth-order valence-electron chi connectivity index (χ4n) is 1.77. The van der Waals surface area contributed by atoms with Gasteiger partial charge < -0.3 is 14.6 Å². The standard InChI is InChI=1S/C13H20N2O3/c1-7(2)18-13(17)10-8(3)11(14-9(10)4)12(16)15(5)6/h7,14H,1-6H3. The molecule has 5 heteroatoms. The van der Waals surface area contributed by atoms with Crippen LogP contribution in [0.5, 0.6) is 0 Å². The number of nitrogens with zero attached hydrogens (tertiary/aromatic N) is 1. The number of rotatable bonds is 3. The average Bonchev–Trinajstić information content (AvgIpc) is 2.51. The Morgan fingerprint density at radius 2 is 1.78 bits per heavy atom. The van der Waals surface area contributed by atoms with Gasteiger partial charge in [-0.2, -0.15) is 0 Å². The summed E-state index contributed by atoms with van der Waals surface area (Å²) in [7, 11) is 3.34. The Hall–Kier alpha value is -1.78. The minimum Gasteiger partial charge on any atom is -0.459 e. The molecule has 1 aromatic rings. The molecule has 0 unspecified atom stereocenters. The molecule has 100 valence electrons. The van der Waals surface area contributed by atoms with Gasteiger partial charge in [-0.1, -0.05) is 0 Å². The molecule has 0 aliphatic rings. The molecule has 1 N–H and O–H groups in total. The highest BCUT2D eigenvalue weighted by Gasteiger charge is 2.24. The second-order valence-electron chi connectivity index (χ2n) is 4.78. The van der Waals surface area contributed by atoms with Crippen molar-refractivity contribution >= 4 is 11.9 Å². The Balaban J connectivity index is 3.16. The first-order valence-electron chi connectivity index (χ1n) is 5.87. The van der Waals surface area contributed by atoms with E-state index < -0.39 is 5.97 Å². The smallest absolute Gasteiger partial charge is 0.340 e. The van der Waals surface area contributed by atoms with Crippen LogP contribution in [-0.2, 0) is 4.74 Å². The molecule has 5 nitrogen and oxygen atoms in total. The van der Waals surface area contributed by atoms with Gasteiger partial charge in [0.2, 0.25) is 0 Å². The Labute approximate surface area is 107 Å². The van der Waals surface area contributed by atoms with E-state index in [4.69, 9.17) is 4.74 Å². The van der Waals surface area contributed by atoms with Gasteiger partial charge >= 0.3 is 5.97 Å². The number of ether oxygens (including phenoxy) is 1. The van der Waals surface area contributed by atoms with Crippen LogP contribution < -0.4 is 0 Å². The minimum absolute atomic E-state index is 0.154. The number of hydrogen-bond acceptors (Lipinski definition) is 3. The van der Waals surface area contributed by atoms with E-state index in [1.165, 1.54) is 4.90 Å². The van der Waals surface area contributed by atoms with Crippen molar-refractivity contribution < 1.29 is 14.3 Å². The van der Waals surface area contributed by atoms with Crippen LogP contribution in [0.1, 0.15) is 46.0 Å².